The number of anilines is 2. The van der Waals surface area contributed by atoms with Gasteiger partial charge < -0.3 is 15.3 Å². The number of hydrogen-bond donors (Lipinski definition) is 3. The molecule has 34 heavy (non-hydrogen) atoms. The van der Waals surface area contributed by atoms with Crippen LogP contribution in [0, 0.1) is 13.8 Å². The second-order valence-corrected chi connectivity index (χ2v) is 10.5. The highest BCUT2D eigenvalue weighted by atomic mass is 32.2. The highest BCUT2D eigenvalue weighted by Crippen LogP contribution is 2.28. The molecule has 1 aliphatic rings. The van der Waals surface area contributed by atoms with E-state index in [0.717, 1.165) is 5.56 Å². The first-order chi connectivity index (χ1) is 16.0. The maximum Gasteiger partial charge on any atom is 0.337 e. The molecule has 9 nitrogen and oxygen atoms in total. The topological polar surface area (TPSA) is 119 Å². The van der Waals surface area contributed by atoms with Gasteiger partial charge in [-0.05, 0) is 57.5 Å². The fourth-order valence-electron chi connectivity index (χ4n) is 4.08. The van der Waals surface area contributed by atoms with Crippen LogP contribution in [0.4, 0.5) is 11.4 Å². The van der Waals surface area contributed by atoms with E-state index in [-0.39, 0.29) is 28.1 Å². The summed E-state index contributed by atoms with van der Waals surface area (Å²) < 4.78 is 28.3. The molecule has 2 aromatic rings. The van der Waals surface area contributed by atoms with Crippen molar-refractivity contribution in [3.8, 4) is 0 Å². The zero-order chi connectivity index (χ0) is 25.0. The van der Waals surface area contributed by atoms with Crippen molar-refractivity contribution in [3.05, 3.63) is 53.1 Å². The van der Waals surface area contributed by atoms with Crippen molar-refractivity contribution in [1.29, 1.82) is 0 Å². The number of benzene rings is 2. The second-order valence-electron chi connectivity index (χ2n) is 8.90. The van der Waals surface area contributed by atoms with E-state index in [0.29, 0.717) is 44.0 Å². The lowest BCUT2D eigenvalue weighted by atomic mass is 10.1. The van der Waals surface area contributed by atoms with Crippen LogP contribution in [-0.2, 0) is 14.8 Å². The van der Waals surface area contributed by atoms with Gasteiger partial charge in [-0.2, -0.15) is 0 Å². The Kier molecular flexibility index (Phi) is 7.83. The summed E-state index contributed by atoms with van der Waals surface area (Å²) in [5.41, 5.74) is 2.29. The summed E-state index contributed by atoms with van der Waals surface area (Å²) in [5, 5.41) is 12.7. The number of nitrogens with zero attached hydrogens (tertiary/aromatic N) is 2. The number of carbonyl (C=O) groups excluding carboxylic acids is 1. The summed E-state index contributed by atoms with van der Waals surface area (Å²) >= 11 is 0. The van der Waals surface area contributed by atoms with E-state index in [1.54, 1.807) is 37.3 Å². The number of amides is 1. The maximum atomic E-state index is 12.9. The molecule has 0 saturated carbocycles. The SMILES string of the molecule is Cc1ccc(S(=O)(=O)Nc2ccc(N3CCN(CC(=O)NC(C)C)CC3)c(C(=O)O)c2)c(C)c1. The van der Waals surface area contributed by atoms with Crippen LogP contribution in [0.3, 0.4) is 0 Å². The van der Waals surface area contributed by atoms with E-state index < -0.39 is 16.0 Å². The van der Waals surface area contributed by atoms with E-state index in [9.17, 15) is 23.1 Å². The third kappa shape index (κ3) is 6.27. The molecule has 0 spiro atoms. The molecule has 1 amide bonds. The Morgan fingerprint density at radius 2 is 1.71 bits per heavy atom. The van der Waals surface area contributed by atoms with Crippen molar-refractivity contribution >= 4 is 33.3 Å². The Labute approximate surface area is 200 Å². The van der Waals surface area contributed by atoms with Crippen LogP contribution >= 0.6 is 0 Å². The van der Waals surface area contributed by atoms with E-state index in [1.807, 2.05) is 30.6 Å². The molecule has 1 saturated heterocycles. The molecule has 3 N–H and O–H groups in total. The van der Waals surface area contributed by atoms with Gasteiger partial charge in [0.15, 0.2) is 0 Å². The lowest BCUT2D eigenvalue weighted by Crippen LogP contribution is -2.50. The minimum Gasteiger partial charge on any atom is -0.478 e. The predicted octanol–water partition coefficient (Wildman–Crippen LogP) is 2.45. The van der Waals surface area contributed by atoms with Crippen molar-refractivity contribution in [3.63, 3.8) is 0 Å². The molecule has 0 aromatic heterocycles. The minimum atomic E-state index is -3.87. The first-order valence-electron chi connectivity index (χ1n) is 11.2. The zero-order valence-corrected chi connectivity index (χ0v) is 20.8. The van der Waals surface area contributed by atoms with Crippen LogP contribution in [0.5, 0.6) is 0 Å². The number of nitrogens with one attached hydrogen (secondary N) is 2. The van der Waals surface area contributed by atoms with E-state index in [1.165, 1.54) is 6.07 Å². The van der Waals surface area contributed by atoms with Gasteiger partial charge in [0.1, 0.15) is 0 Å². The summed E-state index contributed by atoms with van der Waals surface area (Å²) in [6.45, 7) is 10.1. The Balaban J connectivity index is 1.74. The minimum absolute atomic E-state index is 0.0202. The summed E-state index contributed by atoms with van der Waals surface area (Å²) in [7, 11) is -3.87. The van der Waals surface area contributed by atoms with Gasteiger partial charge >= 0.3 is 5.97 Å². The quantitative estimate of drug-likeness (QED) is 0.522. The Hall–Kier alpha value is -3.11. The van der Waals surface area contributed by atoms with Gasteiger partial charge in [-0.15, -0.1) is 0 Å². The highest BCUT2D eigenvalue weighted by Gasteiger charge is 2.24. The molecule has 0 bridgehead atoms. The first-order valence-corrected chi connectivity index (χ1v) is 12.7. The maximum absolute atomic E-state index is 12.9. The zero-order valence-electron chi connectivity index (χ0n) is 20.0. The third-order valence-electron chi connectivity index (χ3n) is 5.63. The average molecular weight is 489 g/mol. The van der Waals surface area contributed by atoms with Gasteiger partial charge in [0.2, 0.25) is 5.91 Å². The number of carbonyl (C=O) groups is 2. The van der Waals surface area contributed by atoms with Gasteiger partial charge in [-0.3, -0.25) is 14.4 Å². The molecular formula is C24H32N4O5S. The number of rotatable bonds is 8. The standard InChI is InChI=1S/C24H32N4O5S/c1-16(2)25-23(29)15-27-9-11-28(12-10-27)21-7-6-19(14-20(21)24(30)31)26-34(32,33)22-8-5-17(3)13-18(22)4/h5-8,13-14,16,26H,9-12,15H2,1-4H3,(H,25,29)(H,30,31). The van der Waals surface area contributed by atoms with Crippen LogP contribution in [0.2, 0.25) is 0 Å². The predicted molar refractivity (Wildman–Crippen MR) is 132 cm³/mol. The number of piperazine rings is 1. The molecular weight excluding hydrogens is 456 g/mol. The van der Waals surface area contributed by atoms with Crippen LogP contribution in [-0.4, -0.2) is 69.1 Å². The van der Waals surface area contributed by atoms with Gasteiger partial charge in [-0.25, -0.2) is 13.2 Å². The summed E-state index contributed by atoms with van der Waals surface area (Å²) in [6.07, 6.45) is 0. The van der Waals surface area contributed by atoms with Crippen molar-refractivity contribution in [2.75, 3.05) is 42.3 Å². The third-order valence-corrected chi connectivity index (χ3v) is 7.17. The first kappa shape index (κ1) is 25.5. The molecule has 0 unspecified atom stereocenters. The molecule has 1 aliphatic heterocycles. The van der Waals surface area contributed by atoms with Crippen molar-refractivity contribution in [2.24, 2.45) is 0 Å². The van der Waals surface area contributed by atoms with Gasteiger partial charge in [0, 0.05) is 37.9 Å². The smallest absolute Gasteiger partial charge is 0.337 e. The molecule has 3 rings (SSSR count). The highest BCUT2D eigenvalue weighted by molar-refractivity contribution is 7.92. The van der Waals surface area contributed by atoms with Crippen molar-refractivity contribution in [2.45, 2.75) is 38.6 Å². The summed E-state index contributed by atoms with van der Waals surface area (Å²) in [4.78, 5) is 28.1. The normalized spacial score (nSPS) is 14.8. The number of aryl methyl sites for hydroxylation is 2. The summed E-state index contributed by atoms with van der Waals surface area (Å²) in [5.74, 6) is -1.17. The van der Waals surface area contributed by atoms with Gasteiger partial charge in [0.05, 0.1) is 22.7 Å². The molecule has 10 heteroatoms. The van der Waals surface area contributed by atoms with Crippen LogP contribution in [0.25, 0.3) is 0 Å². The Bertz CT molecular complexity index is 1170. The Morgan fingerprint density at radius 3 is 2.29 bits per heavy atom. The number of carboxylic acids is 1. The number of sulfonamides is 1. The van der Waals surface area contributed by atoms with Crippen LogP contribution in [0.1, 0.15) is 35.3 Å². The molecule has 0 aliphatic carbocycles. The lowest BCUT2D eigenvalue weighted by molar-refractivity contribution is -0.122. The van der Waals surface area contributed by atoms with Crippen molar-refractivity contribution in [1.82, 2.24) is 10.2 Å². The van der Waals surface area contributed by atoms with Gasteiger partial charge in [0.25, 0.3) is 10.0 Å². The number of aromatic carboxylic acids is 1. The molecule has 0 atom stereocenters. The second kappa shape index (κ2) is 10.4. The average Bonchev–Trinajstić information content (AvgIpc) is 2.73. The van der Waals surface area contributed by atoms with Crippen LogP contribution < -0.4 is 14.9 Å². The Morgan fingerprint density at radius 1 is 1.03 bits per heavy atom. The monoisotopic (exact) mass is 488 g/mol. The fourth-order valence-corrected chi connectivity index (χ4v) is 5.35. The molecule has 1 heterocycles. The van der Waals surface area contributed by atoms with Crippen molar-refractivity contribution < 1.29 is 23.1 Å². The molecule has 184 valence electrons. The summed E-state index contributed by atoms with van der Waals surface area (Å²) in [6, 6.07) is 9.68. The number of hydrogen-bond acceptors (Lipinski definition) is 6. The van der Waals surface area contributed by atoms with E-state index in [4.69, 9.17) is 0 Å². The number of carboxylic acid groups (broad SMARTS) is 1. The lowest BCUT2D eigenvalue weighted by Gasteiger charge is -2.36. The molecule has 1 fully saturated rings. The van der Waals surface area contributed by atoms with E-state index in [2.05, 4.69) is 10.0 Å². The largest absolute Gasteiger partial charge is 0.478 e. The molecule has 0 radical (unpaired) electrons. The fraction of sp³-hybridized carbons (Fsp3) is 0.417. The van der Waals surface area contributed by atoms with Gasteiger partial charge in [-0.1, -0.05) is 17.7 Å². The molecule has 2 aromatic carbocycles. The van der Waals surface area contributed by atoms with Crippen LogP contribution in [0.15, 0.2) is 41.3 Å². The van der Waals surface area contributed by atoms with E-state index >= 15 is 0 Å².